The summed E-state index contributed by atoms with van der Waals surface area (Å²) in [4.78, 5) is 2.40. The number of phenolic OH excluding ortho intramolecular Hbond substituents is 1. The van der Waals surface area contributed by atoms with Crippen LogP contribution in [0.3, 0.4) is 0 Å². The van der Waals surface area contributed by atoms with Gasteiger partial charge in [-0.3, -0.25) is 4.90 Å². The smallest absolute Gasteiger partial charge is 0.160 e. The Morgan fingerprint density at radius 2 is 1.82 bits per heavy atom. The van der Waals surface area contributed by atoms with Crippen LogP contribution in [0.15, 0.2) is 36.4 Å². The summed E-state index contributed by atoms with van der Waals surface area (Å²) in [7, 11) is 3.26. The first-order valence-electron chi connectivity index (χ1n) is 7.43. The van der Waals surface area contributed by atoms with Crippen LogP contribution in [-0.4, -0.2) is 30.8 Å². The zero-order chi connectivity index (χ0) is 15.5. The molecule has 0 spiro atoms. The van der Waals surface area contributed by atoms with Gasteiger partial charge in [-0.05, 0) is 47.4 Å². The van der Waals surface area contributed by atoms with Gasteiger partial charge in [0, 0.05) is 19.6 Å². The molecule has 0 radical (unpaired) electrons. The summed E-state index contributed by atoms with van der Waals surface area (Å²) < 4.78 is 10.4. The van der Waals surface area contributed by atoms with Crippen LogP contribution >= 0.6 is 0 Å². The Kier molecular flexibility index (Phi) is 4.20. The average Bonchev–Trinajstić information content (AvgIpc) is 2.55. The molecule has 3 rings (SSSR count). The van der Waals surface area contributed by atoms with E-state index in [1.807, 2.05) is 24.3 Å². The first kappa shape index (κ1) is 14.7. The van der Waals surface area contributed by atoms with Crippen LogP contribution in [0.4, 0.5) is 0 Å². The minimum absolute atomic E-state index is 0.227. The van der Waals surface area contributed by atoms with Gasteiger partial charge in [0.1, 0.15) is 5.75 Å². The molecule has 0 fully saturated rings. The van der Waals surface area contributed by atoms with Gasteiger partial charge < -0.3 is 14.6 Å². The van der Waals surface area contributed by atoms with Gasteiger partial charge in [-0.2, -0.15) is 0 Å². The number of fused-ring (bicyclic) bond motifs is 1. The summed E-state index contributed by atoms with van der Waals surface area (Å²) in [5.41, 5.74) is 3.72. The van der Waals surface area contributed by atoms with Gasteiger partial charge in [0.15, 0.2) is 11.5 Å². The third kappa shape index (κ3) is 3.02. The molecule has 0 atom stereocenters. The molecule has 2 aromatic carbocycles. The predicted molar refractivity (Wildman–Crippen MR) is 85.5 cm³/mol. The zero-order valence-corrected chi connectivity index (χ0v) is 13.0. The summed E-state index contributed by atoms with van der Waals surface area (Å²) >= 11 is 0. The average molecular weight is 299 g/mol. The topological polar surface area (TPSA) is 41.9 Å². The van der Waals surface area contributed by atoms with Gasteiger partial charge in [0.2, 0.25) is 0 Å². The number of benzene rings is 2. The number of phenols is 1. The largest absolute Gasteiger partial charge is 0.504 e. The molecule has 2 aromatic rings. The molecule has 1 aliphatic heterocycles. The number of hydrogen-bond acceptors (Lipinski definition) is 4. The van der Waals surface area contributed by atoms with Crippen molar-refractivity contribution in [2.24, 2.45) is 0 Å². The molecular formula is C18H21NO3. The second-order valence-corrected chi connectivity index (χ2v) is 5.60. The van der Waals surface area contributed by atoms with Gasteiger partial charge in [-0.25, -0.2) is 0 Å². The molecule has 0 saturated carbocycles. The quantitative estimate of drug-likeness (QED) is 0.942. The Labute approximate surface area is 130 Å². The molecule has 116 valence electrons. The van der Waals surface area contributed by atoms with E-state index < -0.39 is 0 Å². The fourth-order valence-electron chi connectivity index (χ4n) is 2.92. The molecule has 0 amide bonds. The normalized spacial score (nSPS) is 14.5. The first-order chi connectivity index (χ1) is 10.7. The number of hydrogen-bond donors (Lipinski definition) is 1. The molecule has 22 heavy (non-hydrogen) atoms. The Bertz CT molecular complexity index is 652. The Morgan fingerprint density at radius 3 is 2.50 bits per heavy atom. The standard InChI is InChI=1S/C18H21NO3/c1-21-16-5-3-13(4-6-16)11-19-8-7-14-9-17(20)18(22-2)10-15(14)12-19/h3-6,9-10,20H,7-8,11-12H2,1-2H3. The molecule has 1 aliphatic rings. The number of ether oxygens (including phenoxy) is 2. The van der Waals surface area contributed by atoms with Crippen molar-refractivity contribution in [1.82, 2.24) is 4.90 Å². The third-order valence-corrected chi connectivity index (χ3v) is 4.16. The van der Waals surface area contributed by atoms with Gasteiger partial charge in [0.05, 0.1) is 14.2 Å². The van der Waals surface area contributed by atoms with E-state index in [0.717, 1.165) is 31.8 Å². The fraction of sp³-hybridized carbons (Fsp3) is 0.333. The maximum atomic E-state index is 9.87. The van der Waals surface area contributed by atoms with Crippen molar-refractivity contribution >= 4 is 0 Å². The summed E-state index contributed by atoms with van der Waals surface area (Å²) in [6.07, 6.45) is 0.947. The van der Waals surface area contributed by atoms with Crippen molar-refractivity contribution in [3.05, 3.63) is 53.1 Å². The van der Waals surface area contributed by atoms with Crippen LogP contribution in [0, 0.1) is 0 Å². The second-order valence-electron chi connectivity index (χ2n) is 5.60. The molecular weight excluding hydrogens is 278 g/mol. The predicted octanol–water partition coefficient (Wildman–Crippen LogP) is 2.97. The van der Waals surface area contributed by atoms with Crippen LogP contribution in [0.2, 0.25) is 0 Å². The maximum Gasteiger partial charge on any atom is 0.160 e. The van der Waals surface area contributed by atoms with Crippen LogP contribution in [0.5, 0.6) is 17.2 Å². The summed E-state index contributed by atoms with van der Waals surface area (Å²) in [6, 6.07) is 12.0. The van der Waals surface area contributed by atoms with Crippen molar-refractivity contribution in [3.8, 4) is 17.2 Å². The van der Waals surface area contributed by atoms with E-state index in [-0.39, 0.29) is 5.75 Å². The van der Waals surface area contributed by atoms with E-state index in [2.05, 4.69) is 17.0 Å². The summed E-state index contributed by atoms with van der Waals surface area (Å²) in [5, 5.41) is 9.87. The monoisotopic (exact) mass is 299 g/mol. The van der Waals surface area contributed by atoms with E-state index in [4.69, 9.17) is 9.47 Å². The lowest BCUT2D eigenvalue weighted by Crippen LogP contribution is -2.30. The number of aromatic hydroxyl groups is 1. The highest BCUT2D eigenvalue weighted by Crippen LogP contribution is 2.32. The third-order valence-electron chi connectivity index (χ3n) is 4.16. The Hall–Kier alpha value is -2.20. The van der Waals surface area contributed by atoms with E-state index in [0.29, 0.717) is 5.75 Å². The molecule has 0 unspecified atom stereocenters. The number of rotatable bonds is 4. The summed E-state index contributed by atoms with van der Waals surface area (Å²) in [6.45, 7) is 2.77. The molecule has 4 heteroatoms. The molecule has 0 aromatic heterocycles. The second kappa shape index (κ2) is 6.28. The Balaban J connectivity index is 1.73. The maximum absolute atomic E-state index is 9.87. The minimum Gasteiger partial charge on any atom is -0.504 e. The van der Waals surface area contributed by atoms with E-state index >= 15 is 0 Å². The van der Waals surface area contributed by atoms with Crippen molar-refractivity contribution < 1.29 is 14.6 Å². The van der Waals surface area contributed by atoms with Crippen LogP contribution in [0.25, 0.3) is 0 Å². The van der Waals surface area contributed by atoms with Crippen molar-refractivity contribution in [2.75, 3.05) is 20.8 Å². The van der Waals surface area contributed by atoms with Gasteiger partial charge >= 0.3 is 0 Å². The lowest BCUT2D eigenvalue weighted by Gasteiger charge is -2.29. The van der Waals surface area contributed by atoms with Crippen LogP contribution in [-0.2, 0) is 19.5 Å². The van der Waals surface area contributed by atoms with Gasteiger partial charge in [-0.15, -0.1) is 0 Å². The molecule has 4 nitrogen and oxygen atoms in total. The lowest BCUT2D eigenvalue weighted by atomic mass is 9.98. The summed E-state index contributed by atoms with van der Waals surface area (Å²) in [5.74, 6) is 1.66. The van der Waals surface area contributed by atoms with Crippen LogP contribution < -0.4 is 9.47 Å². The number of methoxy groups -OCH3 is 2. The van der Waals surface area contributed by atoms with E-state index in [9.17, 15) is 5.11 Å². The highest BCUT2D eigenvalue weighted by Gasteiger charge is 2.19. The van der Waals surface area contributed by atoms with Gasteiger partial charge in [0.25, 0.3) is 0 Å². The lowest BCUT2D eigenvalue weighted by molar-refractivity contribution is 0.244. The van der Waals surface area contributed by atoms with Crippen molar-refractivity contribution in [1.29, 1.82) is 0 Å². The van der Waals surface area contributed by atoms with Gasteiger partial charge in [-0.1, -0.05) is 12.1 Å². The minimum atomic E-state index is 0.227. The van der Waals surface area contributed by atoms with E-state index in [1.54, 1.807) is 14.2 Å². The molecule has 0 bridgehead atoms. The Morgan fingerprint density at radius 1 is 1.05 bits per heavy atom. The van der Waals surface area contributed by atoms with Crippen LogP contribution in [0.1, 0.15) is 16.7 Å². The SMILES string of the molecule is COc1ccc(CN2CCc3cc(O)c(OC)cc3C2)cc1. The number of nitrogens with zero attached hydrogens (tertiary/aromatic N) is 1. The highest BCUT2D eigenvalue weighted by molar-refractivity contribution is 5.47. The van der Waals surface area contributed by atoms with Crippen molar-refractivity contribution in [2.45, 2.75) is 19.5 Å². The molecule has 1 heterocycles. The molecule has 1 N–H and O–H groups in total. The van der Waals surface area contributed by atoms with Crippen molar-refractivity contribution in [3.63, 3.8) is 0 Å². The first-order valence-corrected chi connectivity index (χ1v) is 7.43. The highest BCUT2D eigenvalue weighted by atomic mass is 16.5. The van der Waals surface area contributed by atoms with E-state index in [1.165, 1.54) is 16.7 Å². The fourth-order valence-corrected chi connectivity index (χ4v) is 2.92. The molecule has 0 saturated heterocycles. The zero-order valence-electron chi connectivity index (χ0n) is 13.0. The molecule has 0 aliphatic carbocycles.